The number of benzene rings is 2. The Balaban J connectivity index is 1.55. The predicted molar refractivity (Wildman–Crippen MR) is 103 cm³/mol. The molecule has 0 radical (unpaired) electrons. The van der Waals surface area contributed by atoms with E-state index in [2.05, 4.69) is 29.5 Å². The molecule has 1 N–H and O–H groups in total. The molecule has 0 aliphatic carbocycles. The zero-order valence-electron chi connectivity index (χ0n) is 15.1. The van der Waals surface area contributed by atoms with Gasteiger partial charge in [0.2, 0.25) is 11.8 Å². The van der Waals surface area contributed by atoms with Crippen LogP contribution >= 0.6 is 0 Å². The van der Waals surface area contributed by atoms with Gasteiger partial charge in [-0.25, -0.2) is 0 Å². The number of amides is 1. The van der Waals surface area contributed by atoms with Crippen molar-refractivity contribution < 1.29 is 9.32 Å². The molecule has 0 saturated carbocycles. The van der Waals surface area contributed by atoms with Crippen LogP contribution in [-0.4, -0.2) is 29.6 Å². The molecule has 0 spiro atoms. The fraction of sp³-hybridized carbons (Fsp3) is 0.238. The minimum atomic E-state index is -0.132. The normalized spacial score (nSPS) is 10.9. The van der Waals surface area contributed by atoms with Crippen LogP contribution in [-0.2, 0) is 17.8 Å². The molecule has 0 atom stereocenters. The van der Waals surface area contributed by atoms with Crippen molar-refractivity contribution in [3.05, 3.63) is 71.8 Å². The second-order valence-electron chi connectivity index (χ2n) is 6.33. The van der Waals surface area contributed by atoms with Crippen molar-refractivity contribution in [3.63, 3.8) is 0 Å². The van der Waals surface area contributed by atoms with Gasteiger partial charge in [0.1, 0.15) is 5.69 Å². The summed E-state index contributed by atoms with van der Waals surface area (Å²) >= 11 is 0. The summed E-state index contributed by atoms with van der Waals surface area (Å²) in [5.41, 5.74) is 4.11. The van der Waals surface area contributed by atoms with Crippen molar-refractivity contribution >= 4 is 11.8 Å². The van der Waals surface area contributed by atoms with Crippen molar-refractivity contribution in [1.29, 1.82) is 0 Å². The van der Waals surface area contributed by atoms with E-state index in [0.29, 0.717) is 18.1 Å². The highest BCUT2D eigenvalue weighted by molar-refractivity contribution is 5.91. The molecule has 0 bridgehead atoms. The maximum atomic E-state index is 12.2. The van der Waals surface area contributed by atoms with Crippen molar-refractivity contribution in [3.8, 4) is 11.3 Å². The van der Waals surface area contributed by atoms with Crippen molar-refractivity contribution in [2.45, 2.75) is 19.9 Å². The molecular formula is C21H23N3O2. The van der Waals surface area contributed by atoms with Gasteiger partial charge in [0.15, 0.2) is 0 Å². The molecule has 5 heteroatoms. The first-order valence-electron chi connectivity index (χ1n) is 8.72. The molecule has 134 valence electrons. The van der Waals surface area contributed by atoms with Gasteiger partial charge < -0.3 is 4.52 Å². The van der Waals surface area contributed by atoms with E-state index in [9.17, 15) is 4.79 Å². The van der Waals surface area contributed by atoms with Gasteiger partial charge in [0, 0.05) is 18.2 Å². The highest BCUT2D eigenvalue weighted by Gasteiger charge is 2.12. The van der Waals surface area contributed by atoms with E-state index >= 15 is 0 Å². The zero-order chi connectivity index (χ0) is 18.4. The van der Waals surface area contributed by atoms with Gasteiger partial charge in [0.25, 0.3) is 0 Å². The van der Waals surface area contributed by atoms with Crippen molar-refractivity contribution in [2.75, 3.05) is 18.9 Å². The van der Waals surface area contributed by atoms with Crippen LogP contribution in [0.4, 0.5) is 5.88 Å². The van der Waals surface area contributed by atoms with E-state index in [0.717, 1.165) is 12.0 Å². The van der Waals surface area contributed by atoms with E-state index in [1.807, 2.05) is 54.4 Å². The topological polar surface area (TPSA) is 58.4 Å². The first-order chi connectivity index (χ1) is 12.6. The molecule has 0 unspecified atom stereocenters. The molecule has 1 aromatic heterocycles. The third kappa shape index (κ3) is 4.80. The van der Waals surface area contributed by atoms with Gasteiger partial charge in [0.05, 0.1) is 6.54 Å². The third-order valence-electron chi connectivity index (χ3n) is 4.14. The smallest absolute Gasteiger partial charge is 0.240 e. The summed E-state index contributed by atoms with van der Waals surface area (Å²) in [6.45, 7) is 3.10. The molecule has 26 heavy (non-hydrogen) atoms. The Labute approximate surface area is 153 Å². The Hall–Kier alpha value is -2.92. The molecule has 3 aromatic rings. The molecule has 5 nitrogen and oxygen atoms in total. The van der Waals surface area contributed by atoms with E-state index in [1.54, 1.807) is 6.07 Å². The van der Waals surface area contributed by atoms with Gasteiger partial charge in [-0.15, -0.1) is 0 Å². The van der Waals surface area contributed by atoms with E-state index in [-0.39, 0.29) is 12.5 Å². The minimum absolute atomic E-state index is 0.132. The summed E-state index contributed by atoms with van der Waals surface area (Å²) in [6, 6.07) is 20.0. The quantitative estimate of drug-likeness (QED) is 0.701. The lowest BCUT2D eigenvalue weighted by molar-refractivity contribution is -0.117. The van der Waals surface area contributed by atoms with E-state index in [4.69, 9.17) is 4.52 Å². The maximum Gasteiger partial charge on any atom is 0.240 e. The van der Waals surface area contributed by atoms with Crippen LogP contribution in [0.15, 0.2) is 65.2 Å². The molecule has 1 heterocycles. The number of anilines is 1. The number of likely N-dealkylation sites (N-methyl/N-ethyl adjacent to an activating group) is 1. The Bertz CT molecular complexity index is 841. The number of rotatable bonds is 7. The Morgan fingerprint density at radius 3 is 2.50 bits per heavy atom. The molecular weight excluding hydrogens is 326 g/mol. The number of hydrogen-bond acceptors (Lipinski definition) is 4. The van der Waals surface area contributed by atoms with Gasteiger partial charge in [-0.05, 0) is 24.6 Å². The molecule has 0 fully saturated rings. The van der Waals surface area contributed by atoms with Crippen LogP contribution in [0.3, 0.4) is 0 Å². The van der Waals surface area contributed by atoms with Crippen LogP contribution in [0, 0.1) is 0 Å². The molecule has 2 aromatic carbocycles. The number of carbonyl (C=O) groups is 1. The maximum absolute atomic E-state index is 12.2. The lowest BCUT2D eigenvalue weighted by atomic mass is 10.1. The number of aromatic nitrogens is 1. The highest BCUT2D eigenvalue weighted by Crippen LogP contribution is 2.22. The number of aryl methyl sites for hydroxylation is 1. The number of hydrogen-bond donors (Lipinski definition) is 1. The summed E-state index contributed by atoms with van der Waals surface area (Å²) in [7, 11) is 1.91. The average molecular weight is 349 g/mol. The SMILES string of the molecule is CCc1ccc(-c2cc(NC(=O)CN(C)Cc3ccccc3)on2)cc1. The first-order valence-corrected chi connectivity index (χ1v) is 8.72. The number of nitrogens with one attached hydrogen (secondary N) is 1. The van der Waals surface area contributed by atoms with E-state index < -0.39 is 0 Å². The third-order valence-corrected chi connectivity index (χ3v) is 4.14. The van der Waals surface area contributed by atoms with Crippen LogP contribution in [0.25, 0.3) is 11.3 Å². The Morgan fingerprint density at radius 1 is 1.08 bits per heavy atom. The second-order valence-corrected chi connectivity index (χ2v) is 6.33. The number of nitrogens with zero attached hydrogens (tertiary/aromatic N) is 2. The number of carbonyl (C=O) groups excluding carboxylic acids is 1. The highest BCUT2D eigenvalue weighted by atomic mass is 16.5. The fourth-order valence-corrected chi connectivity index (χ4v) is 2.75. The minimum Gasteiger partial charge on any atom is -0.338 e. The van der Waals surface area contributed by atoms with Gasteiger partial charge in [-0.3, -0.25) is 15.0 Å². The van der Waals surface area contributed by atoms with Crippen LogP contribution in [0.5, 0.6) is 0 Å². The molecule has 0 aliphatic rings. The molecule has 3 rings (SSSR count). The summed E-state index contributed by atoms with van der Waals surface area (Å²) in [4.78, 5) is 14.2. The largest absolute Gasteiger partial charge is 0.338 e. The predicted octanol–water partition coefficient (Wildman–Crippen LogP) is 3.97. The van der Waals surface area contributed by atoms with Crippen LogP contribution in [0.2, 0.25) is 0 Å². The summed E-state index contributed by atoms with van der Waals surface area (Å²) in [5.74, 6) is 0.227. The molecule has 0 aliphatic heterocycles. The van der Waals surface area contributed by atoms with Crippen LogP contribution in [0.1, 0.15) is 18.1 Å². The van der Waals surface area contributed by atoms with E-state index in [1.165, 1.54) is 11.1 Å². The zero-order valence-corrected chi connectivity index (χ0v) is 15.1. The fourth-order valence-electron chi connectivity index (χ4n) is 2.75. The van der Waals surface area contributed by atoms with Gasteiger partial charge in [-0.1, -0.05) is 66.7 Å². The summed E-state index contributed by atoms with van der Waals surface area (Å²) in [6.07, 6.45) is 0.997. The van der Waals surface area contributed by atoms with Gasteiger partial charge >= 0.3 is 0 Å². The second kappa shape index (κ2) is 8.45. The molecule has 1 amide bonds. The van der Waals surface area contributed by atoms with Crippen molar-refractivity contribution in [2.24, 2.45) is 0 Å². The monoisotopic (exact) mass is 349 g/mol. The lowest BCUT2D eigenvalue weighted by Gasteiger charge is -2.15. The summed E-state index contributed by atoms with van der Waals surface area (Å²) in [5, 5.41) is 6.80. The Morgan fingerprint density at radius 2 is 1.81 bits per heavy atom. The molecule has 0 saturated heterocycles. The van der Waals surface area contributed by atoms with Crippen LogP contribution < -0.4 is 5.32 Å². The first kappa shape index (κ1) is 17.9. The van der Waals surface area contributed by atoms with Crippen molar-refractivity contribution in [1.82, 2.24) is 10.1 Å². The summed E-state index contributed by atoms with van der Waals surface area (Å²) < 4.78 is 5.25. The average Bonchev–Trinajstić information content (AvgIpc) is 3.10. The Kier molecular flexibility index (Phi) is 5.81. The standard InChI is InChI=1S/C21H23N3O2/c1-3-16-9-11-18(12-10-16)19-13-21(26-23-19)22-20(25)15-24(2)14-17-7-5-4-6-8-17/h4-13H,3,14-15H2,1-2H3,(H,22,25). The lowest BCUT2D eigenvalue weighted by Crippen LogP contribution is -2.29. The van der Waals surface area contributed by atoms with Gasteiger partial charge in [-0.2, -0.15) is 0 Å².